The predicted molar refractivity (Wildman–Crippen MR) is 102 cm³/mol. The molecule has 0 bridgehead atoms. The van der Waals surface area contributed by atoms with Gasteiger partial charge in [-0.15, -0.1) is 0 Å². The average Bonchev–Trinajstić information content (AvgIpc) is 3.05. The Morgan fingerprint density at radius 1 is 1.15 bits per heavy atom. The van der Waals surface area contributed by atoms with Gasteiger partial charge in [-0.1, -0.05) is 30.3 Å². The number of nitrogens with one attached hydrogen (secondary N) is 1. The molecule has 1 aromatic rings. The molecule has 2 fully saturated rings. The van der Waals surface area contributed by atoms with Crippen LogP contribution in [-0.4, -0.2) is 66.9 Å². The molecular weight excluding hydrogens is 328 g/mol. The van der Waals surface area contributed by atoms with Crippen LogP contribution >= 0.6 is 0 Å². The Morgan fingerprint density at radius 2 is 1.85 bits per heavy atom. The van der Waals surface area contributed by atoms with Crippen molar-refractivity contribution in [3.8, 4) is 0 Å². The van der Waals surface area contributed by atoms with E-state index in [-0.39, 0.29) is 17.9 Å². The molecule has 2 heterocycles. The van der Waals surface area contributed by atoms with Crippen LogP contribution in [0.1, 0.15) is 31.2 Å². The second-order valence-electron chi connectivity index (χ2n) is 7.55. The van der Waals surface area contributed by atoms with Crippen molar-refractivity contribution >= 4 is 11.8 Å². The number of carbonyl (C=O) groups excluding carboxylic acids is 2. The van der Waals surface area contributed by atoms with E-state index in [9.17, 15) is 9.59 Å². The van der Waals surface area contributed by atoms with Crippen molar-refractivity contribution in [2.45, 2.75) is 31.7 Å². The smallest absolute Gasteiger partial charge is 0.234 e. The normalized spacial score (nSPS) is 24.6. The van der Waals surface area contributed by atoms with Crippen LogP contribution in [0.5, 0.6) is 0 Å². The van der Waals surface area contributed by atoms with Gasteiger partial charge in [0.2, 0.25) is 11.8 Å². The molecule has 142 valence electrons. The molecule has 1 aromatic carbocycles. The Hall–Kier alpha value is -1.92. The van der Waals surface area contributed by atoms with E-state index >= 15 is 0 Å². The summed E-state index contributed by atoms with van der Waals surface area (Å²) in [5.74, 6) is 0.985. The lowest BCUT2D eigenvalue weighted by molar-refractivity contribution is -0.130. The number of carbonyl (C=O) groups is 2. The Bertz CT molecular complexity index is 613. The molecule has 2 aliphatic rings. The molecule has 0 aliphatic carbocycles. The van der Waals surface area contributed by atoms with Crippen LogP contribution in [0, 0.1) is 5.92 Å². The van der Waals surface area contributed by atoms with E-state index in [2.05, 4.69) is 34.5 Å². The molecule has 3 rings (SSSR count). The molecule has 3 N–H and O–H groups in total. The second-order valence-corrected chi connectivity index (χ2v) is 7.55. The molecule has 0 saturated carbocycles. The van der Waals surface area contributed by atoms with Gasteiger partial charge in [0.1, 0.15) is 0 Å². The maximum Gasteiger partial charge on any atom is 0.234 e. The highest BCUT2D eigenvalue weighted by atomic mass is 16.2. The number of nitrogens with two attached hydrogens (primary N) is 1. The molecule has 0 unspecified atom stereocenters. The van der Waals surface area contributed by atoms with Crippen molar-refractivity contribution in [3.63, 3.8) is 0 Å². The SMILES string of the molecule is CC(=O)N1CCC(NC(=O)CN2C[C@@H](CN)[C@H](c3ccccc3)C2)CC1. The lowest BCUT2D eigenvalue weighted by Gasteiger charge is -2.32. The Morgan fingerprint density at radius 3 is 2.46 bits per heavy atom. The van der Waals surface area contributed by atoms with Gasteiger partial charge in [0.25, 0.3) is 0 Å². The number of likely N-dealkylation sites (tertiary alicyclic amines) is 2. The van der Waals surface area contributed by atoms with Crippen LogP contribution in [0.2, 0.25) is 0 Å². The van der Waals surface area contributed by atoms with Crippen LogP contribution < -0.4 is 11.1 Å². The van der Waals surface area contributed by atoms with Crippen molar-refractivity contribution < 1.29 is 9.59 Å². The fourth-order valence-corrected chi connectivity index (χ4v) is 4.22. The number of nitrogens with zero attached hydrogens (tertiary/aromatic N) is 2. The Labute approximate surface area is 155 Å². The summed E-state index contributed by atoms with van der Waals surface area (Å²) in [6, 6.07) is 10.6. The van der Waals surface area contributed by atoms with E-state index in [0.717, 1.165) is 39.0 Å². The van der Waals surface area contributed by atoms with Gasteiger partial charge < -0.3 is 16.0 Å². The van der Waals surface area contributed by atoms with Crippen LogP contribution in [0.3, 0.4) is 0 Å². The summed E-state index contributed by atoms with van der Waals surface area (Å²) in [6.45, 7) is 5.87. The lowest BCUT2D eigenvalue weighted by atomic mass is 9.89. The van der Waals surface area contributed by atoms with Crippen LogP contribution in [0.25, 0.3) is 0 Å². The van der Waals surface area contributed by atoms with E-state index in [4.69, 9.17) is 5.73 Å². The summed E-state index contributed by atoms with van der Waals surface area (Å²) >= 11 is 0. The maximum absolute atomic E-state index is 12.5. The van der Waals surface area contributed by atoms with Crippen molar-refractivity contribution in [1.29, 1.82) is 0 Å². The fourth-order valence-electron chi connectivity index (χ4n) is 4.22. The number of hydrogen-bond donors (Lipinski definition) is 2. The summed E-state index contributed by atoms with van der Waals surface area (Å²) in [5.41, 5.74) is 7.29. The summed E-state index contributed by atoms with van der Waals surface area (Å²) in [7, 11) is 0. The number of benzene rings is 1. The van der Waals surface area contributed by atoms with E-state index < -0.39 is 0 Å². The van der Waals surface area contributed by atoms with Gasteiger partial charge >= 0.3 is 0 Å². The van der Waals surface area contributed by atoms with Crippen LogP contribution in [0.15, 0.2) is 30.3 Å². The molecule has 0 spiro atoms. The summed E-state index contributed by atoms with van der Waals surface area (Å²) < 4.78 is 0. The van der Waals surface area contributed by atoms with Gasteiger partial charge in [-0.2, -0.15) is 0 Å². The first-order valence-electron chi connectivity index (χ1n) is 9.59. The molecule has 6 heteroatoms. The minimum Gasteiger partial charge on any atom is -0.352 e. The van der Waals surface area contributed by atoms with E-state index in [1.54, 1.807) is 6.92 Å². The topological polar surface area (TPSA) is 78.7 Å². The first-order valence-corrected chi connectivity index (χ1v) is 9.59. The second kappa shape index (κ2) is 8.64. The number of rotatable bonds is 5. The largest absolute Gasteiger partial charge is 0.352 e. The third-order valence-corrected chi connectivity index (χ3v) is 5.72. The zero-order valence-corrected chi connectivity index (χ0v) is 15.6. The molecule has 0 radical (unpaired) electrons. The molecule has 0 aromatic heterocycles. The minimum atomic E-state index is 0.0794. The standard InChI is InChI=1S/C20H30N4O2/c1-15(25)24-9-7-18(8-10-24)22-20(26)14-23-12-17(11-21)19(13-23)16-5-3-2-4-6-16/h2-6,17-19H,7-14,21H2,1H3,(H,22,26)/t17-,19+/m1/s1. The van der Waals surface area contributed by atoms with Gasteiger partial charge in [-0.05, 0) is 30.9 Å². The Kier molecular flexibility index (Phi) is 6.27. The molecule has 2 aliphatic heterocycles. The number of hydrogen-bond acceptors (Lipinski definition) is 4. The van der Waals surface area contributed by atoms with E-state index in [1.165, 1.54) is 5.56 Å². The predicted octanol–water partition coefficient (Wildman–Crippen LogP) is 0.788. The van der Waals surface area contributed by atoms with Crippen LogP contribution in [-0.2, 0) is 9.59 Å². The van der Waals surface area contributed by atoms with Crippen LogP contribution in [0.4, 0.5) is 0 Å². The third kappa shape index (κ3) is 4.62. The van der Waals surface area contributed by atoms with Gasteiger partial charge in [0.15, 0.2) is 0 Å². The molecule has 2 saturated heterocycles. The molecule has 2 amide bonds. The van der Waals surface area contributed by atoms with Crippen molar-refractivity contribution in [1.82, 2.24) is 15.1 Å². The maximum atomic E-state index is 12.5. The highest BCUT2D eigenvalue weighted by Crippen LogP contribution is 2.31. The fraction of sp³-hybridized carbons (Fsp3) is 0.600. The minimum absolute atomic E-state index is 0.0794. The van der Waals surface area contributed by atoms with Gasteiger partial charge in [-0.25, -0.2) is 0 Å². The zero-order chi connectivity index (χ0) is 18.5. The monoisotopic (exact) mass is 358 g/mol. The average molecular weight is 358 g/mol. The number of amides is 2. The number of piperidine rings is 1. The Balaban J connectivity index is 1.48. The van der Waals surface area contributed by atoms with Crippen molar-refractivity contribution in [2.75, 3.05) is 39.3 Å². The summed E-state index contributed by atoms with van der Waals surface area (Å²) in [6.07, 6.45) is 1.67. The quantitative estimate of drug-likeness (QED) is 0.816. The third-order valence-electron chi connectivity index (χ3n) is 5.72. The van der Waals surface area contributed by atoms with Gasteiger partial charge in [-0.3, -0.25) is 14.5 Å². The highest BCUT2D eigenvalue weighted by Gasteiger charge is 2.34. The summed E-state index contributed by atoms with van der Waals surface area (Å²) in [5, 5.41) is 3.14. The summed E-state index contributed by atoms with van der Waals surface area (Å²) in [4.78, 5) is 27.9. The first-order chi connectivity index (χ1) is 12.6. The van der Waals surface area contributed by atoms with Crippen molar-refractivity contribution in [2.24, 2.45) is 11.7 Å². The first kappa shape index (κ1) is 18.9. The molecule has 2 atom stereocenters. The molecule has 6 nitrogen and oxygen atoms in total. The highest BCUT2D eigenvalue weighted by molar-refractivity contribution is 5.78. The molecular formula is C20H30N4O2. The zero-order valence-electron chi connectivity index (χ0n) is 15.6. The molecule has 26 heavy (non-hydrogen) atoms. The van der Waals surface area contributed by atoms with Gasteiger partial charge in [0.05, 0.1) is 6.54 Å². The van der Waals surface area contributed by atoms with E-state index in [0.29, 0.717) is 24.9 Å². The van der Waals surface area contributed by atoms with E-state index in [1.807, 2.05) is 11.0 Å². The van der Waals surface area contributed by atoms with Gasteiger partial charge in [0, 0.05) is 45.1 Å². The lowest BCUT2D eigenvalue weighted by Crippen LogP contribution is -2.48. The van der Waals surface area contributed by atoms with Crippen molar-refractivity contribution in [3.05, 3.63) is 35.9 Å².